The van der Waals surface area contributed by atoms with Crippen LogP contribution in [0.3, 0.4) is 0 Å². The Balaban J connectivity index is 2.17. The van der Waals surface area contributed by atoms with Gasteiger partial charge in [0.2, 0.25) is 0 Å². The summed E-state index contributed by atoms with van der Waals surface area (Å²) in [5.41, 5.74) is 0. The van der Waals surface area contributed by atoms with Crippen LogP contribution in [0, 0.1) is 0 Å². The molecule has 0 aromatic heterocycles. The Kier molecular flexibility index (Phi) is 5.04. The zero-order valence-corrected chi connectivity index (χ0v) is 8.47. The fourth-order valence-corrected chi connectivity index (χ4v) is 1.77. The molecule has 0 aliphatic heterocycles. The van der Waals surface area contributed by atoms with Gasteiger partial charge in [0.1, 0.15) is 0 Å². The van der Waals surface area contributed by atoms with E-state index in [1.54, 1.807) is 0 Å². The summed E-state index contributed by atoms with van der Waals surface area (Å²) < 4.78 is 0. The van der Waals surface area contributed by atoms with Crippen molar-refractivity contribution in [2.75, 3.05) is 25.4 Å². The third kappa shape index (κ3) is 2.96. The highest BCUT2D eigenvalue weighted by Gasteiger charge is 2.23. The Morgan fingerprint density at radius 2 is 2.08 bits per heavy atom. The molecule has 3 heteroatoms. The molecule has 0 heterocycles. The monoisotopic (exact) mass is 189 g/mol. The van der Waals surface area contributed by atoms with Crippen molar-refractivity contribution in [3.8, 4) is 0 Å². The average molecular weight is 189 g/mol. The Bertz CT molecular complexity index is 117. The molecule has 0 atom stereocenters. The molecule has 72 valence electrons. The van der Waals surface area contributed by atoms with Crippen molar-refractivity contribution in [3.63, 3.8) is 0 Å². The molecule has 0 radical (unpaired) electrons. The molecule has 2 nitrogen and oxygen atoms in total. The van der Waals surface area contributed by atoms with Gasteiger partial charge in [-0.1, -0.05) is 6.42 Å². The van der Waals surface area contributed by atoms with Crippen molar-refractivity contribution in [1.29, 1.82) is 0 Å². The summed E-state index contributed by atoms with van der Waals surface area (Å²) in [7, 11) is 0. The van der Waals surface area contributed by atoms with Crippen LogP contribution >= 0.6 is 12.6 Å². The Hall–Kier alpha value is 0.270. The molecule has 0 spiro atoms. The molecule has 1 fully saturated rings. The van der Waals surface area contributed by atoms with Crippen molar-refractivity contribution < 1.29 is 5.11 Å². The maximum Gasteiger partial charge on any atom is 0.0558 e. The smallest absolute Gasteiger partial charge is 0.0558 e. The maximum absolute atomic E-state index is 8.84. The van der Waals surface area contributed by atoms with Gasteiger partial charge in [0, 0.05) is 12.6 Å². The van der Waals surface area contributed by atoms with Crippen LogP contribution < -0.4 is 0 Å². The third-order valence-corrected chi connectivity index (χ3v) is 2.90. The lowest BCUT2D eigenvalue weighted by Crippen LogP contribution is -2.42. The molecule has 1 N–H and O–H groups in total. The van der Waals surface area contributed by atoms with Gasteiger partial charge >= 0.3 is 0 Å². The fraction of sp³-hybridized carbons (Fsp3) is 1.00. The molecule has 1 rings (SSSR count). The van der Waals surface area contributed by atoms with E-state index < -0.39 is 0 Å². The molecule has 0 bridgehead atoms. The molecule has 0 amide bonds. The first kappa shape index (κ1) is 10.4. The zero-order chi connectivity index (χ0) is 8.81. The first-order valence-electron chi connectivity index (χ1n) is 4.84. The second kappa shape index (κ2) is 5.84. The van der Waals surface area contributed by atoms with Crippen LogP contribution in [0.2, 0.25) is 0 Å². The summed E-state index contributed by atoms with van der Waals surface area (Å²) in [6.45, 7) is 2.25. The van der Waals surface area contributed by atoms with E-state index in [1.807, 2.05) is 0 Å². The van der Waals surface area contributed by atoms with Gasteiger partial charge in [0.05, 0.1) is 6.61 Å². The molecular weight excluding hydrogens is 170 g/mol. The number of aliphatic hydroxyl groups is 1. The average Bonchev–Trinajstić information content (AvgIpc) is 1.97. The van der Waals surface area contributed by atoms with E-state index in [0.717, 1.165) is 31.3 Å². The molecular formula is C9H19NOS. The lowest BCUT2D eigenvalue weighted by Gasteiger charge is -2.37. The molecule has 0 unspecified atom stereocenters. The zero-order valence-electron chi connectivity index (χ0n) is 7.58. The molecule has 1 aliphatic rings. The topological polar surface area (TPSA) is 23.5 Å². The van der Waals surface area contributed by atoms with Gasteiger partial charge in [0.15, 0.2) is 0 Å². The van der Waals surface area contributed by atoms with Crippen LogP contribution in [0.1, 0.15) is 25.7 Å². The normalized spacial score (nSPS) is 18.2. The second-order valence-corrected chi connectivity index (χ2v) is 3.87. The summed E-state index contributed by atoms with van der Waals surface area (Å²) in [6.07, 6.45) is 5.16. The van der Waals surface area contributed by atoms with Crippen molar-refractivity contribution in [1.82, 2.24) is 4.90 Å². The summed E-state index contributed by atoms with van der Waals surface area (Å²) >= 11 is 4.19. The minimum absolute atomic E-state index is 0.295. The predicted octanol–water partition coefficient (Wildman–Crippen LogP) is 1.15. The molecule has 0 saturated heterocycles. The van der Waals surface area contributed by atoms with E-state index >= 15 is 0 Å². The summed E-state index contributed by atoms with van der Waals surface area (Å²) in [5.74, 6) is 0.953. The molecule has 1 aliphatic carbocycles. The maximum atomic E-state index is 8.84. The van der Waals surface area contributed by atoms with E-state index in [4.69, 9.17) is 5.11 Å². The standard InChI is InChI=1S/C9H19NOS/c11-7-6-10(5-2-8-12)9-3-1-4-9/h9,11-12H,1-8H2. The van der Waals surface area contributed by atoms with Gasteiger partial charge < -0.3 is 5.11 Å². The number of hydrogen-bond donors (Lipinski definition) is 2. The van der Waals surface area contributed by atoms with Crippen LogP contribution in [-0.2, 0) is 0 Å². The van der Waals surface area contributed by atoms with Gasteiger partial charge in [-0.05, 0) is 31.6 Å². The molecule has 12 heavy (non-hydrogen) atoms. The Morgan fingerprint density at radius 1 is 1.33 bits per heavy atom. The summed E-state index contributed by atoms with van der Waals surface area (Å²) in [5, 5.41) is 8.84. The van der Waals surface area contributed by atoms with Gasteiger partial charge in [0.25, 0.3) is 0 Å². The van der Waals surface area contributed by atoms with Crippen LogP contribution in [0.4, 0.5) is 0 Å². The highest BCUT2D eigenvalue weighted by atomic mass is 32.1. The number of nitrogens with zero attached hydrogens (tertiary/aromatic N) is 1. The lowest BCUT2D eigenvalue weighted by atomic mass is 9.91. The second-order valence-electron chi connectivity index (χ2n) is 3.42. The first-order valence-corrected chi connectivity index (χ1v) is 5.47. The summed E-state index contributed by atoms with van der Waals surface area (Å²) in [4.78, 5) is 2.40. The van der Waals surface area contributed by atoms with E-state index in [0.29, 0.717) is 6.61 Å². The van der Waals surface area contributed by atoms with Crippen molar-refractivity contribution in [2.24, 2.45) is 0 Å². The van der Waals surface area contributed by atoms with Crippen LogP contribution in [0.25, 0.3) is 0 Å². The van der Waals surface area contributed by atoms with Gasteiger partial charge in [-0.25, -0.2) is 0 Å². The first-order chi connectivity index (χ1) is 5.88. The van der Waals surface area contributed by atoms with Gasteiger partial charge in [-0.15, -0.1) is 0 Å². The van der Waals surface area contributed by atoms with Crippen molar-refractivity contribution >= 4 is 12.6 Å². The summed E-state index contributed by atoms with van der Waals surface area (Å²) in [6, 6.07) is 0.761. The molecule has 0 aromatic carbocycles. The highest BCUT2D eigenvalue weighted by Crippen LogP contribution is 2.24. The van der Waals surface area contributed by atoms with Crippen LogP contribution in [-0.4, -0.2) is 41.5 Å². The van der Waals surface area contributed by atoms with Crippen molar-refractivity contribution in [2.45, 2.75) is 31.7 Å². The fourth-order valence-electron chi connectivity index (χ4n) is 1.63. The number of aliphatic hydroxyl groups excluding tert-OH is 1. The number of rotatable bonds is 6. The van der Waals surface area contributed by atoms with Crippen LogP contribution in [0.15, 0.2) is 0 Å². The minimum atomic E-state index is 0.295. The molecule has 1 saturated carbocycles. The largest absolute Gasteiger partial charge is 0.395 e. The Labute approximate surface area is 80.4 Å². The van der Waals surface area contributed by atoms with E-state index in [-0.39, 0.29) is 0 Å². The quantitative estimate of drug-likeness (QED) is 0.612. The molecule has 0 aromatic rings. The van der Waals surface area contributed by atoms with E-state index in [9.17, 15) is 0 Å². The van der Waals surface area contributed by atoms with Gasteiger partial charge in [-0.3, -0.25) is 4.90 Å². The van der Waals surface area contributed by atoms with E-state index in [2.05, 4.69) is 17.5 Å². The van der Waals surface area contributed by atoms with Gasteiger partial charge in [-0.2, -0.15) is 12.6 Å². The minimum Gasteiger partial charge on any atom is -0.395 e. The highest BCUT2D eigenvalue weighted by molar-refractivity contribution is 7.80. The third-order valence-electron chi connectivity index (χ3n) is 2.58. The number of hydrogen-bond acceptors (Lipinski definition) is 3. The predicted molar refractivity (Wildman–Crippen MR) is 54.8 cm³/mol. The lowest BCUT2D eigenvalue weighted by molar-refractivity contribution is 0.102. The SMILES string of the molecule is OCCN(CCCS)C1CCC1. The van der Waals surface area contributed by atoms with Crippen LogP contribution in [0.5, 0.6) is 0 Å². The Morgan fingerprint density at radius 3 is 2.50 bits per heavy atom. The number of thiol groups is 1. The van der Waals surface area contributed by atoms with E-state index in [1.165, 1.54) is 19.3 Å². The van der Waals surface area contributed by atoms with Crippen molar-refractivity contribution in [3.05, 3.63) is 0 Å².